The first-order valence-corrected chi connectivity index (χ1v) is 7.78. The first-order valence-electron chi connectivity index (χ1n) is 5.33. The van der Waals surface area contributed by atoms with Crippen LogP contribution < -0.4 is 5.46 Å². The van der Waals surface area contributed by atoms with E-state index in [9.17, 15) is 0 Å². The van der Waals surface area contributed by atoms with Crippen molar-refractivity contribution < 1.29 is 0 Å². The molecule has 16 heavy (non-hydrogen) atoms. The van der Waals surface area contributed by atoms with Crippen molar-refractivity contribution in [1.29, 1.82) is 0 Å². The molecule has 0 amide bonds. The molecule has 1 heterocycles. The van der Waals surface area contributed by atoms with Crippen LogP contribution in [0, 0.1) is 0 Å². The summed E-state index contributed by atoms with van der Waals surface area (Å²) >= 11 is 0. The van der Waals surface area contributed by atoms with Gasteiger partial charge in [-0.3, -0.25) is 0 Å². The Morgan fingerprint density at radius 2 is 1.56 bits per heavy atom. The molecule has 0 saturated carbocycles. The number of hydrogen-bond acceptors (Lipinski definition) is 0. The highest BCUT2D eigenvalue weighted by atomic mass is 32.3. The highest BCUT2D eigenvalue weighted by Gasteiger charge is 2.31. The van der Waals surface area contributed by atoms with Gasteiger partial charge in [0.05, 0.1) is 0 Å². The third kappa shape index (κ3) is 1.14. The summed E-state index contributed by atoms with van der Waals surface area (Å²) in [5, 5.41) is 0. The Labute approximate surface area is 99.4 Å². The van der Waals surface area contributed by atoms with Gasteiger partial charge in [-0.2, -0.15) is 10.0 Å². The van der Waals surface area contributed by atoms with Crippen LogP contribution in [0.1, 0.15) is 0 Å². The van der Waals surface area contributed by atoms with Crippen LogP contribution in [0.3, 0.4) is 0 Å². The Morgan fingerprint density at radius 1 is 0.875 bits per heavy atom. The quantitative estimate of drug-likeness (QED) is 0.603. The summed E-state index contributed by atoms with van der Waals surface area (Å²) in [5.41, 5.74) is 3.63. The van der Waals surface area contributed by atoms with Crippen molar-refractivity contribution in [3.63, 3.8) is 0 Å². The number of hydrogen-bond donors (Lipinski definition) is 0. The molecular weight excluding hydrogens is 211 g/mol. The van der Waals surface area contributed by atoms with Crippen molar-refractivity contribution in [2.75, 3.05) is 12.5 Å². The fourth-order valence-electron chi connectivity index (χ4n) is 2.58. The minimum atomic E-state index is -0.921. The SMILES string of the molecule is [B]c1cccc2c1S(C)(C)c1ccccc1-2. The molecule has 2 radical (unpaired) electrons. The zero-order valence-electron chi connectivity index (χ0n) is 9.53. The van der Waals surface area contributed by atoms with Gasteiger partial charge in [0.25, 0.3) is 0 Å². The fraction of sp³-hybridized carbons (Fsp3) is 0.143. The second-order valence-corrected chi connectivity index (χ2v) is 8.05. The molecule has 2 aromatic rings. The highest BCUT2D eigenvalue weighted by molar-refractivity contribution is 8.33. The Morgan fingerprint density at radius 3 is 2.38 bits per heavy atom. The normalized spacial score (nSPS) is 17.6. The first-order chi connectivity index (χ1) is 7.62. The van der Waals surface area contributed by atoms with E-state index >= 15 is 0 Å². The van der Waals surface area contributed by atoms with Crippen LogP contribution in [-0.2, 0) is 0 Å². The molecule has 0 atom stereocenters. The van der Waals surface area contributed by atoms with Crippen LogP contribution in [-0.4, -0.2) is 20.4 Å². The number of benzene rings is 2. The van der Waals surface area contributed by atoms with E-state index < -0.39 is 10.0 Å². The molecule has 1 aliphatic heterocycles. The summed E-state index contributed by atoms with van der Waals surface area (Å²) in [6.45, 7) is 0. The lowest BCUT2D eigenvalue weighted by Crippen LogP contribution is -2.10. The van der Waals surface area contributed by atoms with E-state index in [0.717, 1.165) is 5.46 Å². The van der Waals surface area contributed by atoms with Crippen LogP contribution in [0.2, 0.25) is 0 Å². The van der Waals surface area contributed by atoms with E-state index in [4.69, 9.17) is 7.85 Å². The molecule has 2 heteroatoms. The summed E-state index contributed by atoms with van der Waals surface area (Å²) in [6, 6.07) is 14.9. The van der Waals surface area contributed by atoms with E-state index in [1.807, 2.05) is 12.1 Å². The Hall–Kier alpha value is -1.15. The molecule has 78 valence electrons. The van der Waals surface area contributed by atoms with Gasteiger partial charge >= 0.3 is 0 Å². The topological polar surface area (TPSA) is 0 Å². The maximum Gasteiger partial charge on any atom is 0.115 e. The molecule has 1 aliphatic rings. The lowest BCUT2D eigenvalue weighted by Gasteiger charge is -2.29. The lowest BCUT2D eigenvalue weighted by molar-refractivity contribution is 1.46. The molecule has 2 aromatic carbocycles. The predicted molar refractivity (Wildman–Crippen MR) is 73.2 cm³/mol. The maximum atomic E-state index is 6.15. The standard InChI is InChI=1S/C14H13BS/c1-16(2)13-9-4-3-6-10(13)11-7-5-8-12(15)14(11)16/h3-9H,1-2H3. The minimum Gasteiger partial charge on any atom is -0.193 e. The van der Waals surface area contributed by atoms with Gasteiger partial charge in [-0.1, -0.05) is 41.9 Å². The Bertz CT molecular complexity index is 573. The Balaban J connectivity index is 2.44. The summed E-state index contributed by atoms with van der Waals surface area (Å²) in [4.78, 5) is 2.82. The second kappa shape index (κ2) is 3.17. The van der Waals surface area contributed by atoms with Crippen LogP contribution in [0.15, 0.2) is 52.3 Å². The van der Waals surface area contributed by atoms with E-state index in [1.165, 1.54) is 20.9 Å². The number of fused-ring (bicyclic) bond motifs is 3. The maximum absolute atomic E-state index is 6.15. The summed E-state index contributed by atoms with van der Waals surface area (Å²) in [5.74, 6) is 0. The molecule has 0 unspecified atom stereocenters. The molecule has 0 nitrogen and oxygen atoms in total. The fourth-order valence-corrected chi connectivity index (χ4v) is 5.33. The Kier molecular flexibility index (Phi) is 1.99. The highest BCUT2D eigenvalue weighted by Crippen LogP contribution is 2.66. The van der Waals surface area contributed by atoms with Gasteiger partial charge in [0, 0.05) is 4.90 Å². The smallest absolute Gasteiger partial charge is 0.115 e. The van der Waals surface area contributed by atoms with Crippen molar-refractivity contribution in [3.05, 3.63) is 42.5 Å². The molecule has 3 rings (SSSR count). The van der Waals surface area contributed by atoms with Crippen molar-refractivity contribution in [3.8, 4) is 11.1 Å². The van der Waals surface area contributed by atoms with Gasteiger partial charge in [-0.05, 0) is 34.6 Å². The zero-order valence-corrected chi connectivity index (χ0v) is 10.3. The van der Waals surface area contributed by atoms with E-state index in [0.29, 0.717) is 0 Å². The molecule has 0 aromatic heterocycles. The second-order valence-electron chi connectivity index (χ2n) is 4.55. The van der Waals surface area contributed by atoms with Crippen molar-refractivity contribution in [2.45, 2.75) is 9.79 Å². The number of rotatable bonds is 0. The van der Waals surface area contributed by atoms with Gasteiger partial charge in [0.15, 0.2) is 0 Å². The van der Waals surface area contributed by atoms with E-state index in [2.05, 4.69) is 42.8 Å². The van der Waals surface area contributed by atoms with Crippen LogP contribution in [0.5, 0.6) is 0 Å². The van der Waals surface area contributed by atoms with Crippen LogP contribution in [0.4, 0.5) is 0 Å². The third-order valence-electron chi connectivity index (χ3n) is 3.28. The molecule has 0 spiro atoms. The predicted octanol–water partition coefficient (Wildman–Crippen LogP) is 2.94. The van der Waals surface area contributed by atoms with Crippen LogP contribution >= 0.6 is 10.0 Å². The molecule has 0 saturated heterocycles. The van der Waals surface area contributed by atoms with Gasteiger partial charge in [0.1, 0.15) is 7.85 Å². The van der Waals surface area contributed by atoms with Crippen molar-refractivity contribution in [1.82, 2.24) is 0 Å². The monoisotopic (exact) mass is 224 g/mol. The van der Waals surface area contributed by atoms with Crippen molar-refractivity contribution in [2.24, 2.45) is 0 Å². The average Bonchev–Trinajstić information content (AvgIpc) is 2.50. The van der Waals surface area contributed by atoms with Gasteiger partial charge < -0.3 is 0 Å². The molecular formula is C14H13BS. The zero-order chi connectivity index (χ0) is 11.3. The molecule has 0 fully saturated rings. The van der Waals surface area contributed by atoms with Crippen molar-refractivity contribution >= 4 is 23.3 Å². The average molecular weight is 224 g/mol. The summed E-state index contributed by atoms with van der Waals surface area (Å²) < 4.78 is 0. The van der Waals surface area contributed by atoms with Gasteiger partial charge in [-0.25, -0.2) is 0 Å². The first kappa shape index (κ1) is 10.0. The largest absolute Gasteiger partial charge is 0.193 e. The molecule has 0 aliphatic carbocycles. The summed E-state index contributed by atoms with van der Waals surface area (Å²) in [6.07, 6.45) is 4.65. The summed E-state index contributed by atoms with van der Waals surface area (Å²) in [7, 11) is 5.23. The van der Waals surface area contributed by atoms with Crippen LogP contribution in [0.25, 0.3) is 11.1 Å². The van der Waals surface area contributed by atoms with E-state index in [1.54, 1.807) is 0 Å². The third-order valence-corrected chi connectivity index (χ3v) is 6.21. The van der Waals surface area contributed by atoms with E-state index in [-0.39, 0.29) is 0 Å². The van der Waals surface area contributed by atoms with Gasteiger partial charge in [-0.15, -0.1) is 0 Å². The lowest BCUT2D eigenvalue weighted by atomic mass is 9.92. The minimum absolute atomic E-state index is 0.921. The molecule has 0 bridgehead atoms. The van der Waals surface area contributed by atoms with Gasteiger partial charge in [0.2, 0.25) is 0 Å². The molecule has 0 N–H and O–H groups in total.